The summed E-state index contributed by atoms with van der Waals surface area (Å²) < 4.78 is 3.89. The molecule has 0 fully saturated rings. The Hall–Kier alpha value is -3.08. The van der Waals surface area contributed by atoms with E-state index in [1.807, 2.05) is 23.1 Å². The van der Waals surface area contributed by atoms with Gasteiger partial charge in [0.2, 0.25) is 5.52 Å². The Bertz CT molecular complexity index is 1680. The van der Waals surface area contributed by atoms with Crippen LogP contribution in [0.15, 0.2) is 106 Å². The first-order chi connectivity index (χ1) is 18.7. The molecule has 0 unspecified atom stereocenters. The van der Waals surface area contributed by atoms with Crippen LogP contribution in [0.3, 0.4) is 0 Å². The molecule has 0 amide bonds. The van der Waals surface area contributed by atoms with Crippen LogP contribution in [0.2, 0.25) is 0 Å². The summed E-state index contributed by atoms with van der Waals surface area (Å²) in [7, 11) is 0. The third-order valence-electron chi connectivity index (χ3n) is 8.24. The lowest BCUT2D eigenvalue weighted by Gasteiger charge is -2.28. The quantitative estimate of drug-likeness (QED) is 0.241. The third-order valence-corrected chi connectivity index (χ3v) is 10.4. The van der Waals surface area contributed by atoms with Crippen molar-refractivity contribution in [2.45, 2.75) is 51.0 Å². The number of para-hydroxylation sites is 1. The molecular formula is C34H33N2S2+. The van der Waals surface area contributed by atoms with Crippen molar-refractivity contribution in [2.75, 3.05) is 11.4 Å². The van der Waals surface area contributed by atoms with Crippen molar-refractivity contribution in [3.05, 3.63) is 106 Å². The molecule has 2 aliphatic carbocycles. The molecule has 1 atom stereocenters. The first-order valence-corrected chi connectivity index (χ1v) is 15.6. The molecule has 4 aromatic rings. The molecule has 0 saturated heterocycles. The number of thioether (sulfide) groups is 1. The van der Waals surface area contributed by atoms with Gasteiger partial charge in [-0.25, -0.2) is 0 Å². The standard InChI is InChI=1S/C34H33N2S2/c1-3-35-29-11-7-8-12-30(29)37-32(35)21-23-13-15-25-16-14-24(20-27(25)19-23)22-33-36(4-2)34-28-10-6-5-9-26(28)17-18-31(34)38-33/h5-12,17-22,25H,3-4,13-16H2,1-2H3/q+1/t25-/m1/s1. The number of anilines is 1. The predicted octanol–water partition coefficient (Wildman–Crippen LogP) is 9.28. The predicted molar refractivity (Wildman–Crippen MR) is 165 cm³/mol. The van der Waals surface area contributed by atoms with Crippen LogP contribution in [0.1, 0.15) is 44.5 Å². The zero-order chi connectivity index (χ0) is 25.6. The second kappa shape index (κ2) is 9.91. The lowest BCUT2D eigenvalue weighted by molar-refractivity contribution is -0.664. The van der Waals surface area contributed by atoms with E-state index in [0.717, 1.165) is 13.1 Å². The van der Waals surface area contributed by atoms with Gasteiger partial charge in [0.25, 0.3) is 5.01 Å². The molecule has 0 N–H and O–H groups in total. The van der Waals surface area contributed by atoms with E-state index >= 15 is 0 Å². The van der Waals surface area contributed by atoms with Gasteiger partial charge in [-0.3, -0.25) is 0 Å². The summed E-state index contributed by atoms with van der Waals surface area (Å²) in [6, 6.07) is 22.1. The number of rotatable bonds is 4. The molecule has 4 heteroatoms. The molecule has 0 spiro atoms. The van der Waals surface area contributed by atoms with E-state index in [9.17, 15) is 0 Å². The van der Waals surface area contributed by atoms with Crippen LogP contribution in [0.5, 0.6) is 0 Å². The van der Waals surface area contributed by atoms with Crippen molar-refractivity contribution < 1.29 is 4.57 Å². The summed E-state index contributed by atoms with van der Waals surface area (Å²) in [6.45, 7) is 6.51. The normalized spacial score (nSPS) is 21.2. The van der Waals surface area contributed by atoms with Gasteiger partial charge < -0.3 is 4.90 Å². The molecule has 0 saturated carbocycles. The topological polar surface area (TPSA) is 7.12 Å². The number of benzene rings is 3. The summed E-state index contributed by atoms with van der Waals surface area (Å²) in [5.41, 5.74) is 7.20. The zero-order valence-corrected chi connectivity index (χ0v) is 23.7. The molecule has 0 radical (unpaired) electrons. The van der Waals surface area contributed by atoms with Crippen molar-refractivity contribution in [1.29, 1.82) is 0 Å². The molecule has 3 aliphatic rings. The van der Waals surface area contributed by atoms with Crippen molar-refractivity contribution in [3.8, 4) is 0 Å². The van der Waals surface area contributed by atoms with Gasteiger partial charge in [0, 0.05) is 17.5 Å². The first kappa shape index (κ1) is 24.0. The molecule has 2 heterocycles. The molecule has 1 aromatic heterocycles. The highest BCUT2D eigenvalue weighted by Gasteiger charge is 2.27. The fourth-order valence-corrected chi connectivity index (χ4v) is 8.76. The Morgan fingerprint density at radius 3 is 2.66 bits per heavy atom. The Labute approximate surface area is 233 Å². The van der Waals surface area contributed by atoms with Gasteiger partial charge in [0.1, 0.15) is 11.2 Å². The lowest BCUT2D eigenvalue weighted by atomic mass is 9.77. The van der Waals surface area contributed by atoms with Crippen molar-refractivity contribution in [1.82, 2.24) is 0 Å². The van der Waals surface area contributed by atoms with E-state index < -0.39 is 0 Å². The smallest absolute Gasteiger partial charge is 0.263 e. The van der Waals surface area contributed by atoms with Gasteiger partial charge in [-0.1, -0.05) is 71.6 Å². The number of fused-ring (bicyclic) bond motifs is 5. The highest BCUT2D eigenvalue weighted by atomic mass is 32.2. The molecule has 190 valence electrons. The van der Waals surface area contributed by atoms with Crippen LogP contribution in [-0.2, 0) is 6.54 Å². The Morgan fingerprint density at radius 1 is 0.921 bits per heavy atom. The second-order valence-electron chi connectivity index (χ2n) is 10.5. The Balaban J connectivity index is 1.24. The van der Waals surface area contributed by atoms with Crippen LogP contribution < -0.4 is 9.47 Å². The molecule has 7 rings (SSSR count). The molecule has 1 aliphatic heterocycles. The van der Waals surface area contributed by atoms with Crippen LogP contribution >= 0.6 is 23.1 Å². The minimum Gasteiger partial charge on any atom is -0.335 e. The Kier molecular flexibility index (Phi) is 6.25. The fraction of sp³-hybridized carbons (Fsp3) is 0.265. The SMILES string of the molecule is CCN1/C(=C/C2=CC3=C/C(=C/c4sc5ccc6ccccc6c5[n+]4CC)CC[C@H]3CC2)Sc2ccccc21. The summed E-state index contributed by atoms with van der Waals surface area (Å²) >= 11 is 3.84. The van der Waals surface area contributed by atoms with E-state index in [2.05, 4.69) is 108 Å². The van der Waals surface area contributed by atoms with Crippen LogP contribution in [0.4, 0.5) is 5.69 Å². The molecule has 0 bridgehead atoms. The van der Waals surface area contributed by atoms with E-state index in [4.69, 9.17) is 0 Å². The average molecular weight is 534 g/mol. The highest BCUT2D eigenvalue weighted by molar-refractivity contribution is 8.03. The summed E-state index contributed by atoms with van der Waals surface area (Å²) in [4.78, 5) is 3.83. The number of hydrogen-bond donors (Lipinski definition) is 0. The fourth-order valence-electron chi connectivity index (χ4n) is 6.34. The van der Waals surface area contributed by atoms with E-state index in [1.54, 1.807) is 0 Å². The Morgan fingerprint density at radius 2 is 1.76 bits per heavy atom. The van der Waals surface area contributed by atoms with Crippen LogP contribution in [0, 0.1) is 5.92 Å². The summed E-state index contributed by atoms with van der Waals surface area (Å²) in [5, 5.41) is 5.41. The maximum absolute atomic E-state index is 2.51. The number of aromatic nitrogens is 1. The largest absolute Gasteiger partial charge is 0.335 e. The number of thiazole rings is 1. The zero-order valence-electron chi connectivity index (χ0n) is 22.1. The lowest BCUT2D eigenvalue weighted by Crippen LogP contribution is -2.33. The van der Waals surface area contributed by atoms with E-state index in [1.165, 1.54) is 84.0 Å². The van der Waals surface area contributed by atoms with Gasteiger partial charge in [-0.15, -0.1) is 0 Å². The number of aryl methyl sites for hydroxylation is 1. The number of hydrogen-bond acceptors (Lipinski definition) is 3. The minimum absolute atomic E-state index is 0.703. The van der Waals surface area contributed by atoms with Gasteiger partial charge >= 0.3 is 0 Å². The number of nitrogens with zero attached hydrogens (tertiary/aromatic N) is 2. The van der Waals surface area contributed by atoms with Crippen LogP contribution in [0.25, 0.3) is 27.1 Å². The van der Waals surface area contributed by atoms with Crippen molar-refractivity contribution >= 4 is 55.9 Å². The first-order valence-electron chi connectivity index (χ1n) is 13.9. The van der Waals surface area contributed by atoms with Crippen LogP contribution in [-0.4, -0.2) is 6.54 Å². The molecule has 3 aromatic carbocycles. The van der Waals surface area contributed by atoms with Crippen molar-refractivity contribution in [3.63, 3.8) is 0 Å². The maximum atomic E-state index is 2.51. The monoisotopic (exact) mass is 533 g/mol. The average Bonchev–Trinajstić information content (AvgIpc) is 3.49. The second-order valence-corrected chi connectivity index (χ2v) is 12.6. The number of allylic oxidation sites excluding steroid dienone is 6. The van der Waals surface area contributed by atoms with Crippen molar-refractivity contribution in [2.24, 2.45) is 5.92 Å². The molecular weight excluding hydrogens is 501 g/mol. The van der Waals surface area contributed by atoms with Gasteiger partial charge in [0.15, 0.2) is 0 Å². The summed E-state index contributed by atoms with van der Waals surface area (Å²) in [6.07, 6.45) is 14.8. The van der Waals surface area contributed by atoms with Gasteiger partial charge in [-0.05, 0) is 97.9 Å². The maximum Gasteiger partial charge on any atom is 0.263 e. The van der Waals surface area contributed by atoms with E-state index in [-0.39, 0.29) is 0 Å². The van der Waals surface area contributed by atoms with Gasteiger partial charge in [0.05, 0.1) is 16.1 Å². The molecule has 38 heavy (non-hydrogen) atoms. The highest BCUT2D eigenvalue weighted by Crippen LogP contribution is 2.47. The molecule has 2 nitrogen and oxygen atoms in total. The van der Waals surface area contributed by atoms with E-state index in [0.29, 0.717) is 5.92 Å². The van der Waals surface area contributed by atoms with Gasteiger partial charge in [-0.2, -0.15) is 4.57 Å². The summed E-state index contributed by atoms with van der Waals surface area (Å²) in [5.74, 6) is 0.703. The third kappa shape index (κ3) is 4.15. The minimum atomic E-state index is 0.703.